The second-order valence-corrected chi connectivity index (χ2v) is 1.47. The molecule has 0 saturated heterocycles. The van der Waals surface area contributed by atoms with Gasteiger partial charge in [-0.25, -0.2) is 0 Å². The molecule has 0 bridgehead atoms. The summed E-state index contributed by atoms with van der Waals surface area (Å²) in [5.41, 5.74) is 0. The Morgan fingerprint density at radius 3 is 2.43 bits per heavy atom. The SMILES string of the molecule is [O]=[Zn].[c]1cccs1. The summed E-state index contributed by atoms with van der Waals surface area (Å²) in [6, 6.07) is 3.86. The summed E-state index contributed by atoms with van der Waals surface area (Å²) in [5.74, 6) is 0. The molecule has 0 N–H and O–H groups in total. The summed E-state index contributed by atoms with van der Waals surface area (Å²) in [7, 11) is 0. The molecule has 1 rings (SSSR count). The maximum absolute atomic E-state index is 8.38. The van der Waals surface area contributed by atoms with E-state index in [0.717, 1.165) is 0 Å². The molecule has 1 heterocycles. The van der Waals surface area contributed by atoms with Gasteiger partial charge in [-0.15, -0.1) is 11.3 Å². The third-order valence-corrected chi connectivity index (χ3v) is 0.944. The van der Waals surface area contributed by atoms with Crippen molar-refractivity contribution in [3.8, 4) is 0 Å². The van der Waals surface area contributed by atoms with Crippen LogP contribution in [0.3, 0.4) is 0 Å². The minimum Gasteiger partial charge on any atom is -0.143 e. The van der Waals surface area contributed by atoms with E-state index in [1.165, 1.54) is 0 Å². The molecular weight excluding hydrogens is 162 g/mol. The van der Waals surface area contributed by atoms with E-state index < -0.39 is 0 Å². The Morgan fingerprint density at radius 2 is 2.29 bits per heavy atom. The van der Waals surface area contributed by atoms with Gasteiger partial charge < -0.3 is 0 Å². The minimum atomic E-state index is 0.125. The fourth-order valence-electron chi connectivity index (χ4n) is 0.196. The molecule has 0 unspecified atom stereocenters. The van der Waals surface area contributed by atoms with Crippen molar-refractivity contribution in [2.75, 3.05) is 0 Å². The molecule has 0 amide bonds. The molecular formula is C4H3OSZn. The topological polar surface area (TPSA) is 17.1 Å². The van der Waals surface area contributed by atoms with E-state index >= 15 is 0 Å². The molecule has 0 aliphatic heterocycles. The second-order valence-electron chi connectivity index (χ2n) is 0.731. The van der Waals surface area contributed by atoms with Crippen LogP contribution in [0.2, 0.25) is 0 Å². The molecule has 3 heteroatoms. The fraction of sp³-hybridized carbons (Fsp3) is 0. The van der Waals surface area contributed by atoms with Crippen molar-refractivity contribution in [2.45, 2.75) is 0 Å². The molecule has 33 valence electrons. The van der Waals surface area contributed by atoms with Gasteiger partial charge in [0.25, 0.3) is 0 Å². The largest absolute Gasteiger partial charge is 0.143 e. The van der Waals surface area contributed by atoms with Gasteiger partial charge in [-0.3, -0.25) is 0 Å². The van der Waals surface area contributed by atoms with Crippen molar-refractivity contribution >= 4 is 11.3 Å². The fourth-order valence-corrected chi connectivity index (χ4v) is 0.589. The molecule has 0 saturated carbocycles. The van der Waals surface area contributed by atoms with Crippen LogP contribution in [0.15, 0.2) is 17.5 Å². The Bertz CT molecular complexity index is 78.6. The first-order valence-corrected chi connectivity index (χ1v) is 3.77. The summed E-state index contributed by atoms with van der Waals surface area (Å²) >= 11 is 1.71. The zero-order valence-electron chi connectivity index (χ0n) is 3.76. The predicted octanol–water partition coefficient (Wildman–Crippen LogP) is 1.43. The van der Waals surface area contributed by atoms with Crippen LogP contribution in [0.5, 0.6) is 0 Å². The third-order valence-electron chi connectivity index (χ3n) is 0.379. The van der Waals surface area contributed by atoms with E-state index in [1.54, 1.807) is 11.3 Å². The van der Waals surface area contributed by atoms with E-state index in [2.05, 4.69) is 5.38 Å². The Labute approximate surface area is 56.3 Å². The van der Waals surface area contributed by atoms with Gasteiger partial charge in [-0.05, 0) is 11.4 Å². The molecule has 0 spiro atoms. The average Bonchev–Trinajstić information content (AvgIpc) is 2.23. The van der Waals surface area contributed by atoms with Gasteiger partial charge in [-0.2, -0.15) is 0 Å². The van der Waals surface area contributed by atoms with Crippen molar-refractivity contribution in [3.63, 3.8) is 0 Å². The van der Waals surface area contributed by atoms with Gasteiger partial charge in [0, 0.05) is 5.38 Å². The van der Waals surface area contributed by atoms with E-state index in [4.69, 9.17) is 3.57 Å². The van der Waals surface area contributed by atoms with Crippen LogP contribution in [0, 0.1) is 5.38 Å². The van der Waals surface area contributed by atoms with Crippen LogP contribution < -0.4 is 0 Å². The van der Waals surface area contributed by atoms with Gasteiger partial charge in [0.15, 0.2) is 0 Å². The maximum atomic E-state index is 8.38. The summed E-state index contributed by atoms with van der Waals surface area (Å²) < 4.78 is 8.38. The molecule has 0 aliphatic carbocycles. The van der Waals surface area contributed by atoms with Gasteiger partial charge >= 0.3 is 21.8 Å². The van der Waals surface area contributed by atoms with E-state index in [1.807, 2.05) is 17.5 Å². The number of thiophene rings is 1. The van der Waals surface area contributed by atoms with E-state index in [0.29, 0.717) is 0 Å². The molecule has 0 aliphatic rings. The Balaban J connectivity index is 0.000000162. The molecule has 1 aromatic heterocycles. The molecule has 1 nitrogen and oxygen atoms in total. The van der Waals surface area contributed by atoms with Crippen molar-refractivity contribution in [1.82, 2.24) is 0 Å². The Morgan fingerprint density at radius 1 is 1.57 bits per heavy atom. The van der Waals surface area contributed by atoms with E-state index in [-0.39, 0.29) is 18.3 Å². The smallest absolute Gasteiger partial charge is 0.0442 e. The third kappa shape index (κ3) is 3.97. The monoisotopic (exact) mass is 163 g/mol. The van der Waals surface area contributed by atoms with Crippen LogP contribution in [0.1, 0.15) is 0 Å². The summed E-state index contributed by atoms with van der Waals surface area (Å²) in [4.78, 5) is 0. The number of hydrogen-bond donors (Lipinski definition) is 0. The van der Waals surface area contributed by atoms with Crippen molar-refractivity contribution in [1.29, 1.82) is 0 Å². The Hall–Kier alpha value is 0.123. The molecule has 0 aromatic carbocycles. The first-order valence-electron chi connectivity index (χ1n) is 1.68. The van der Waals surface area contributed by atoms with Crippen LogP contribution in [-0.2, 0) is 21.8 Å². The van der Waals surface area contributed by atoms with Crippen LogP contribution in [-0.4, -0.2) is 0 Å². The predicted molar refractivity (Wildman–Crippen MR) is 23.8 cm³/mol. The maximum Gasteiger partial charge on any atom is 0.0442 e. The molecule has 0 fully saturated rings. The van der Waals surface area contributed by atoms with Gasteiger partial charge in [-0.1, -0.05) is 6.07 Å². The van der Waals surface area contributed by atoms with Crippen LogP contribution in [0.25, 0.3) is 0 Å². The summed E-state index contributed by atoms with van der Waals surface area (Å²) in [6.07, 6.45) is 0. The molecule has 7 heavy (non-hydrogen) atoms. The second kappa shape index (κ2) is 6.12. The van der Waals surface area contributed by atoms with Crippen molar-refractivity contribution in [3.05, 3.63) is 22.9 Å². The zero-order chi connectivity index (χ0) is 5.54. The number of hydrogen-bond acceptors (Lipinski definition) is 2. The number of rotatable bonds is 0. The molecule has 0 atom stereocenters. The van der Waals surface area contributed by atoms with Crippen LogP contribution >= 0.6 is 11.3 Å². The molecule has 1 radical (unpaired) electrons. The van der Waals surface area contributed by atoms with Gasteiger partial charge in [0.1, 0.15) is 0 Å². The standard InChI is InChI=1S/C4H3S.O.Zn/c1-2-4-5-3-1;;/h1-3H;;. The van der Waals surface area contributed by atoms with Gasteiger partial charge in [0.05, 0.1) is 0 Å². The zero-order valence-corrected chi connectivity index (χ0v) is 7.54. The quantitative estimate of drug-likeness (QED) is 0.530. The first kappa shape index (κ1) is 7.12. The average molecular weight is 165 g/mol. The van der Waals surface area contributed by atoms with Crippen LogP contribution in [0.4, 0.5) is 0 Å². The normalized spacial score (nSPS) is 6.57. The first-order chi connectivity index (χ1) is 3.50. The van der Waals surface area contributed by atoms with Crippen molar-refractivity contribution in [2.24, 2.45) is 0 Å². The minimum absolute atomic E-state index is 0.125. The molecule has 1 aromatic rings. The summed E-state index contributed by atoms with van der Waals surface area (Å²) in [6.45, 7) is 0. The van der Waals surface area contributed by atoms with Gasteiger partial charge in [0.2, 0.25) is 0 Å². The van der Waals surface area contributed by atoms with E-state index in [9.17, 15) is 0 Å². The van der Waals surface area contributed by atoms with Crippen molar-refractivity contribution < 1.29 is 21.8 Å². The summed E-state index contributed by atoms with van der Waals surface area (Å²) in [5, 5.41) is 4.89. The Kier molecular flexibility index (Phi) is 6.23.